The van der Waals surface area contributed by atoms with Crippen molar-refractivity contribution in [3.8, 4) is 0 Å². The van der Waals surface area contributed by atoms with Gasteiger partial charge in [-0.15, -0.1) is 0 Å². The molecule has 0 atom stereocenters. The molecule has 1 aliphatic heterocycles. The zero-order chi connectivity index (χ0) is 11.7. The van der Waals surface area contributed by atoms with E-state index in [-0.39, 0.29) is 5.54 Å². The van der Waals surface area contributed by atoms with Crippen molar-refractivity contribution >= 4 is 0 Å². The van der Waals surface area contributed by atoms with E-state index in [4.69, 9.17) is 5.73 Å². The Bertz CT molecular complexity index is 372. The second-order valence-corrected chi connectivity index (χ2v) is 5.81. The summed E-state index contributed by atoms with van der Waals surface area (Å²) in [6, 6.07) is 9.20. The standard InChI is InChI=1S/C15H22N2/c16-15(7-8-15)11-12-1-3-13(4-2-12)14-5-9-17-10-6-14/h1-4,14,17H,5-11,16H2. The maximum atomic E-state index is 6.15. The highest BCUT2D eigenvalue weighted by Gasteiger charge is 2.37. The van der Waals surface area contributed by atoms with Crippen molar-refractivity contribution < 1.29 is 0 Å². The van der Waals surface area contributed by atoms with Crippen LogP contribution in [0.25, 0.3) is 0 Å². The summed E-state index contributed by atoms with van der Waals surface area (Å²) in [6.45, 7) is 2.33. The first-order chi connectivity index (χ1) is 8.25. The third kappa shape index (κ3) is 2.70. The van der Waals surface area contributed by atoms with Crippen LogP contribution in [-0.2, 0) is 6.42 Å². The van der Waals surface area contributed by atoms with Crippen LogP contribution in [-0.4, -0.2) is 18.6 Å². The van der Waals surface area contributed by atoms with Crippen LogP contribution in [0.5, 0.6) is 0 Å². The highest BCUT2D eigenvalue weighted by molar-refractivity contribution is 5.28. The van der Waals surface area contributed by atoms with Gasteiger partial charge in [0.25, 0.3) is 0 Å². The number of nitrogens with two attached hydrogens (primary N) is 1. The minimum Gasteiger partial charge on any atom is -0.325 e. The lowest BCUT2D eigenvalue weighted by Crippen LogP contribution is -2.26. The molecule has 3 N–H and O–H groups in total. The van der Waals surface area contributed by atoms with E-state index in [1.807, 2.05) is 0 Å². The second-order valence-electron chi connectivity index (χ2n) is 5.81. The van der Waals surface area contributed by atoms with Crippen molar-refractivity contribution in [2.75, 3.05) is 13.1 Å². The van der Waals surface area contributed by atoms with Gasteiger partial charge in [0.2, 0.25) is 0 Å². The highest BCUT2D eigenvalue weighted by Crippen LogP contribution is 2.36. The Morgan fingerprint density at radius 2 is 1.76 bits per heavy atom. The predicted octanol–water partition coefficient (Wildman–Crippen LogP) is 2.19. The van der Waals surface area contributed by atoms with Gasteiger partial charge in [0.05, 0.1) is 0 Å². The largest absolute Gasteiger partial charge is 0.325 e. The molecule has 3 rings (SSSR count). The lowest BCUT2D eigenvalue weighted by molar-refractivity contribution is 0.460. The fourth-order valence-corrected chi connectivity index (χ4v) is 2.81. The van der Waals surface area contributed by atoms with E-state index in [9.17, 15) is 0 Å². The number of piperidine rings is 1. The maximum Gasteiger partial charge on any atom is 0.0196 e. The number of hydrogen-bond acceptors (Lipinski definition) is 2. The fraction of sp³-hybridized carbons (Fsp3) is 0.600. The topological polar surface area (TPSA) is 38.0 Å². The molecule has 0 bridgehead atoms. The average molecular weight is 230 g/mol. The highest BCUT2D eigenvalue weighted by atomic mass is 14.9. The van der Waals surface area contributed by atoms with E-state index in [0.717, 1.165) is 12.3 Å². The van der Waals surface area contributed by atoms with E-state index < -0.39 is 0 Å². The number of benzene rings is 1. The summed E-state index contributed by atoms with van der Waals surface area (Å²) in [7, 11) is 0. The van der Waals surface area contributed by atoms with Crippen molar-refractivity contribution in [2.24, 2.45) is 5.73 Å². The van der Waals surface area contributed by atoms with E-state index in [0.29, 0.717) is 0 Å². The van der Waals surface area contributed by atoms with Crippen molar-refractivity contribution in [1.82, 2.24) is 5.32 Å². The number of hydrogen-bond donors (Lipinski definition) is 2. The first kappa shape index (κ1) is 11.2. The summed E-state index contributed by atoms with van der Waals surface area (Å²) in [5.41, 5.74) is 9.20. The van der Waals surface area contributed by atoms with Crippen LogP contribution in [0.15, 0.2) is 24.3 Å². The van der Waals surface area contributed by atoms with Gasteiger partial charge in [-0.1, -0.05) is 24.3 Å². The van der Waals surface area contributed by atoms with Crippen LogP contribution in [0.1, 0.15) is 42.7 Å². The van der Waals surface area contributed by atoms with Crippen LogP contribution in [0.4, 0.5) is 0 Å². The van der Waals surface area contributed by atoms with Gasteiger partial charge < -0.3 is 11.1 Å². The van der Waals surface area contributed by atoms with Gasteiger partial charge >= 0.3 is 0 Å². The van der Waals surface area contributed by atoms with Gasteiger partial charge in [-0.3, -0.25) is 0 Å². The summed E-state index contributed by atoms with van der Waals surface area (Å²) in [6.07, 6.45) is 6.01. The Balaban J connectivity index is 1.66. The molecule has 0 unspecified atom stereocenters. The van der Waals surface area contributed by atoms with E-state index in [2.05, 4.69) is 29.6 Å². The van der Waals surface area contributed by atoms with Crippen LogP contribution >= 0.6 is 0 Å². The zero-order valence-corrected chi connectivity index (χ0v) is 10.4. The molecule has 0 amide bonds. The molecule has 1 saturated carbocycles. The smallest absolute Gasteiger partial charge is 0.0196 e. The number of rotatable bonds is 3. The molecular formula is C15H22N2. The second kappa shape index (κ2) is 4.43. The summed E-state index contributed by atoms with van der Waals surface area (Å²) in [4.78, 5) is 0. The average Bonchev–Trinajstić information content (AvgIpc) is 3.09. The third-order valence-corrected chi connectivity index (χ3v) is 4.24. The number of nitrogens with one attached hydrogen (secondary N) is 1. The molecule has 2 heteroatoms. The van der Waals surface area contributed by atoms with Crippen LogP contribution in [0.3, 0.4) is 0 Å². The summed E-state index contributed by atoms with van der Waals surface area (Å²) in [5, 5.41) is 3.42. The molecule has 1 aromatic rings. The monoisotopic (exact) mass is 230 g/mol. The van der Waals surface area contributed by atoms with Gasteiger partial charge in [0, 0.05) is 5.54 Å². The molecule has 1 aromatic carbocycles. The van der Waals surface area contributed by atoms with E-state index in [1.165, 1.54) is 49.9 Å². The molecule has 0 radical (unpaired) electrons. The van der Waals surface area contributed by atoms with Gasteiger partial charge in [-0.2, -0.15) is 0 Å². The molecule has 2 nitrogen and oxygen atoms in total. The third-order valence-electron chi connectivity index (χ3n) is 4.24. The van der Waals surface area contributed by atoms with Gasteiger partial charge in [-0.25, -0.2) is 0 Å². The van der Waals surface area contributed by atoms with Crippen molar-refractivity contribution in [1.29, 1.82) is 0 Å². The molecule has 1 aliphatic carbocycles. The summed E-state index contributed by atoms with van der Waals surface area (Å²) >= 11 is 0. The summed E-state index contributed by atoms with van der Waals surface area (Å²) < 4.78 is 0. The Labute approximate surface area is 104 Å². The lowest BCUT2D eigenvalue weighted by Gasteiger charge is -2.23. The zero-order valence-electron chi connectivity index (χ0n) is 10.4. The van der Waals surface area contributed by atoms with E-state index in [1.54, 1.807) is 0 Å². The SMILES string of the molecule is NC1(Cc2ccc(C3CCNCC3)cc2)CC1. The molecule has 0 spiro atoms. The molecule has 0 aromatic heterocycles. The Morgan fingerprint density at radius 3 is 2.35 bits per heavy atom. The fourth-order valence-electron chi connectivity index (χ4n) is 2.81. The minimum atomic E-state index is 0.135. The predicted molar refractivity (Wildman–Crippen MR) is 71.1 cm³/mol. The minimum absolute atomic E-state index is 0.135. The molecule has 2 fully saturated rings. The van der Waals surface area contributed by atoms with Crippen molar-refractivity contribution in [3.05, 3.63) is 35.4 Å². The normalized spacial score (nSPS) is 23.6. The van der Waals surface area contributed by atoms with Gasteiger partial charge in [0.1, 0.15) is 0 Å². The lowest BCUT2D eigenvalue weighted by atomic mass is 9.89. The Morgan fingerprint density at radius 1 is 1.12 bits per heavy atom. The molecular weight excluding hydrogens is 208 g/mol. The maximum absolute atomic E-state index is 6.15. The molecule has 92 valence electrons. The molecule has 2 aliphatic rings. The van der Waals surface area contributed by atoms with Gasteiger partial charge in [-0.05, 0) is 62.2 Å². The first-order valence-corrected chi connectivity index (χ1v) is 6.84. The van der Waals surface area contributed by atoms with Crippen LogP contribution in [0.2, 0.25) is 0 Å². The van der Waals surface area contributed by atoms with Crippen molar-refractivity contribution in [3.63, 3.8) is 0 Å². The van der Waals surface area contributed by atoms with Gasteiger partial charge in [0.15, 0.2) is 0 Å². The molecule has 1 saturated heterocycles. The van der Waals surface area contributed by atoms with Crippen LogP contribution < -0.4 is 11.1 Å². The Hall–Kier alpha value is -0.860. The van der Waals surface area contributed by atoms with E-state index >= 15 is 0 Å². The molecule has 17 heavy (non-hydrogen) atoms. The van der Waals surface area contributed by atoms with Crippen LogP contribution in [0, 0.1) is 0 Å². The van der Waals surface area contributed by atoms with Crippen molar-refractivity contribution in [2.45, 2.75) is 43.6 Å². The summed E-state index contributed by atoms with van der Waals surface area (Å²) in [5.74, 6) is 0.762. The quantitative estimate of drug-likeness (QED) is 0.835. The Kier molecular flexibility index (Phi) is 2.93. The molecule has 1 heterocycles. The first-order valence-electron chi connectivity index (χ1n) is 6.84.